The number of rotatable bonds is 9. The first kappa shape index (κ1) is 46.5. The molecule has 15 heteroatoms. The lowest BCUT2D eigenvalue weighted by Crippen LogP contribution is -2.60. The van der Waals surface area contributed by atoms with Crippen LogP contribution in [0.15, 0.2) is 35.5 Å². The molecule has 3 aliphatic rings. The van der Waals surface area contributed by atoms with Crippen LogP contribution in [0.5, 0.6) is 0 Å². The van der Waals surface area contributed by atoms with Gasteiger partial charge in [-0.25, -0.2) is 4.79 Å². The molecule has 3 aliphatic heterocycles. The number of oxime groups is 1. The third-order valence-corrected chi connectivity index (χ3v) is 12.3. The van der Waals surface area contributed by atoms with E-state index in [9.17, 15) is 29.7 Å². The summed E-state index contributed by atoms with van der Waals surface area (Å²) in [6.45, 7) is 14.2. The first-order valence-electron chi connectivity index (χ1n) is 20.3. The van der Waals surface area contributed by atoms with Crippen LogP contribution in [0.1, 0.15) is 86.6 Å². The van der Waals surface area contributed by atoms with E-state index in [1.54, 1.807) is 32.6 Å². The first-order chi connectivity index (χ1) is 26.7. The zero-order chi connectivity index (χ0) is 42.4. The Balaban J connectivity index is 1.69. The molecule has 322 valence electrons. The molecule has 0 aromatic heterocycles. The average Bonchev–Trinajstić information content (AvgIpc) is 3.66. The number of amides is 1. The number of methoxy groups -OCH3 is 1. The second-order valence-corrected chi connectivity index (χ2v) is 17.0. The molecule has 15 nitrogen and oxygen atoms in total. The van der Waals surface area contributed by atoms with Crippen molar-refractivity contribution in [3.8, 4) is 0 Å². The predicted molar refractivity (Wildman–Crippen MR) is 211 cm³/mol. The molecule has 3 heterocycles. The third kappa shape index (κ3) is 10.9. The minimum atomic E-state index is -1.96. The van der Waals surface area contributed by atoms with Crippen molar-refractivity contribution in [2.75, 3.05) is 34.3 Å². The molecular weight excluding hydrogens is 738 g/mol. The Morgan fingerprint density at radius 2 is 1.72 bits per heavy atom. The first-order valence-corrected chi connectivity index (χ1v) is 20.3. The van der Waals surface area contributed by atoms with Gasteiger partial charge >= 0.3 is 12.1 Å². The lowest BCUT2D eigenvalue weighted by Gasteiger charge is -2.47. The number of esters is 1. The summed E-state index contributed by atoms with van der Waals surface area (Å²) in [5.74, 6) is -4.95. The van der Waals surface area contributed by atoms with Crippen LogP contribution in [-0.2, 0) is 44.7 Å². The van der Waals surface area contributed by atoms with Crippen molar-refractivity contribution in [2.24, 2.45) is 28.8 Å². The number of aliphatic hydroxyl groups is 3. The Morgan fingerprint density at radius 1 is 1.05 bits per heavy atom. The molecule has 3 N–H and O–H groups in total. The minimum absolute atomic E-state index is 0.137. The quantitative estimate of drug-likeness (QED) is 0.185. The average molecular weight is 806 g/mol. The van der Waals surface area contributed by atoms with Crippen LogP contribution in [-0.4, -0.2) is 143 Å². The maximum absolute atomic E-state index is 14.2. The van der Waals surface area contributed by atoms with Gasteiger partial charge in [0.2, 0.25) is 0 Å². The summed E-state index contributed by atoms with van der Waals surface area (Å²) in [7, 11) is 5.23. The molecule has 1 unspecified atom stereocenters. The van der Waals surface area contributed by atoms with Crippen LogP contribution in [0.25, 0.3) is 0 Å². The number of nitrogens with zero attached hydrogens (tertiary/aromatic N) is 3. The third-order valence-electron chi connectivity index (χ3n) is 12.3. The number of hydrogen-bond acceptors (Lipinski definition) is 14. The fourth-order valence-electron chi connectivity index (χ4n) is 8.54. The Morgan fingerprint density at radius 3 is 2.33 bits per heavy atom. The number of Topliss-reactive ketones (excluding diaryl/α,β-unsaturated/α-hetero) is 1. The fraction of sp³-hybridized carbons (Fsp3) is 0.762. The van der Waals surface area contributed by atoms with Crippen molar-refractivity contribution in [2.45, 2.75) is 148 Å². The molecular formula is C42H67N3O12. The number of ether oxygens (including phenoxy) is 5. The van der Waals surface area contributed by atoms with Crippen LogP contribution in [0.2, 0.25) is 0 Å². The molecule has 0 saturated carbocycles. The number of ketones is 1. The molecule has 3 saturated heterocycles. The van der Waals surface area contributed by atoms with Gasteiger partial charge < -0.3 is 53.6 Å². The van der Waals surface area contributed by atoms with E-state index in [-0.39, 0.29) is 38.1 Å². The van der Waals surface area contributed by atoms with E-state index >= 15 is 0 Å². The van der Waals surface area contributed by atoms with Crippen molar-refractivity contribution in [3.63, 3.8) is 0 Å². The number of likely N-dealkylation sites (N-methyl/N-ethyl adjacent to an activating group) is 1. The van der Waals surface area contributed by atoms with Crippen LogP contribution < -0.4 is 0 Å². The topological polar surface area (TPSA) is 186 Å². The van der Waals surface area contributed by atoms with Crippen LogP contribution in [0.3, 0.4) is 0 Å². The summed E-state index contributed by atoms with van der Waals surface area (Å²) in [5.41, 5.74) is -1.99. The van der Waals surface area contributed by atoms with Crippen LogP contribution in [0, 0.1) is 23.7 Å². The molecule has 1 amide bonds. The summed E-state index contributed by atoms with van der Waals surface area (Å²) >= 11 is 0. The highest BCUT2D eigenvalue weighted by molar-refractivity contribution is 6.00. The van der Waals surface area contributed by atoms with Crippen LogP contribution in [0.4, 0.5) is 4.79 Å². The van der Waals surface area contributed by atoms with Gasteiger partial charge in [0, 0.05) is 43.9 Å². The summed E-state index contributed by atoms with van der Waals surface area (Å²) in [6.07, 6.45) is -5.81. The van der Waals surface area contributed by atoms with Gasteiger partial charge in [-0.1, -0.05) is 63.2 Å². The Hall–Kier alpha value is -3.18. The number of aliphatic hydroxyl groups excluding tert-OH is 2. The van der Waals surface area contributed by atoms with E-state index in [2.05, 4.69) is 5.16 Å². The summed E-state index contributed by atoms with van der Waals surface area (Å²) < 4.78 is 30.4. The zero-order valence-corrected chi connectivity index (χ0v) is 35.6. The minimum Gasteiger partial charge on any atom is -0.459 e. The normalized spacial score (nSPS) is 39.5. The van der Waals surface area contributed by atoms with Gasteiger partial charge in [-0.2, -0.15) is 0 Å². The molecule has 0 aliphatic carbocycles. The van der Waals surface area contributed by atoms with E-state index < -0.39 is 89.5 Å². The summed E-state index contributed by atoms with van der Waals surface area (Å²) in [4.78, 5) is 50.3. The van der Waals surface area contributed by atoms with Crippen molar-refractivity contribution < 1.29 is 58.2 Å². The summed E-state index contributed by atoms with van der Waals surface area (Å²) in [5, 5.41) is 39.8. The van der Waals surface area contributed by atoms with Crippen molar-refractivity contribution in [3.05, 3.63) is 35.9 Å². The van der Waals surface area contributed by atoms with Gasteiger partial charge in [-0.05, 0) is 66.6 Å². The molecule has 57 heavy (non-hydrogen) atoms. The number of benzene rings is 1. The Kier molecular flexibility index (Phi) is 16.1. The molecule has 0 radical (unpaired) electrons. The summed E-state index contributed by atoms with van der Waals surface area (Å²) in [6, 6.07) is 9.10. The molecule has 1 aromatic rings. The zero-order valence-electron chi connectivity index (χ0n) is 35.6. The van der Waals surface area contributed by atoms with Crippen LogP contribution >= 0.6 is 0 Å². The van der Waals surface area contributed by atoms with Gasteiger partial charge in [-0.3, -0.25) is 9.59 Å². The van der Waals surface area contributed by atoms with E-state index in [4.69, 9.17) is 28.5 Å². The second kappa shape index (κ2) is 19.7. The predicted octanol–water partition coefficient (Wildman–Crippen LogP) is 3.94. The number of carbonyl (C=O) groups excluding carboxylic acids is 3. The van der Waals surface area contributed by atoms with Gasteiger partial charge in [0.25, 0.3) is 0 Å². The molecule has 0 spiro atoms. The lowest BCUT2D eigenvalue weighted by molar-refractivity contribution is -0.295. The molecule has 1 aromatic carbocycles. The highest BCUT2D eigenvalue weighted by Gasteiger charge is 2.52. The fourth-order valence-corrected chi connectivity index (χ4v) is 8.54. The molecule has 3 fully saturated rings. The standard InChI is InChI=1S/C42H67N3O12/c1-12-32-42(8,51)36(48)26(4)33(43-57-30-18-19-45(22-30)40(50)53-23-29-16-14-13-15-17-29)24(2)21-41(7,52-11)37(27(5)34(46)28(6)38(49)55-32)56-39-35(47)31(44(9)10)20-25(3)54-39/h13-17,24-28,30-32,35-37,39,47-48,51H,12,18-23H2,1-11H3/b43-33+/t24-,25-,26+,27+,28-,30?,31+,32-,35-,36-,37-,39+,41-,42-/m1/s1. The Bertz CT molecular complexity index is 1530. The largest absolute Gasteiger partial charge is 0.459 e. The van der Waals surface area contributed by atoms with Gasteiger partial charge in [-0.15, -0.1) is 0 Å². The highest BCUT2D eigenvalue weighted by atomic mass is 16.7. The number of cyclic esters (lactones) is 1. The van der Waals surface area contributed by atoms with Crippen molar-refractivity contribution in [1.29, 1.82) is 0 Å². The highest BCUT2D eigenvalue weighted by Crippen LogP contribution is 2.39. The Labute approximate surface area is 337 Å². The van der Waals surface area contributed by atoms with Gasteiger partial charge in [0.05, 0.1) is 36.2 Å². The number of likely N-dealkylation sites (tertiary alicyclic amines) is 1. The maximum atomic E-state index is 14.2. The second-order valence-electron chi connectivity index (χ2n) is 17.0. The van der Waals surface area contributed by atoms with E-state index in [0.717, 1.165) is 5.56 Å². The van der Waals surface area contributed by atoms with Crippen molar-refractivity contribution in [1.82, 2.24) is 9.80 Å². The molecule has 0 bridgehead atoms. The lowest BCUT2D eigenvalue weighted by atomic mass is 9.74. The maximum Gasteiger partial charge on any atom is 0.410 e. The van der Waals surface area contributed by atoms with Gasteiger partial charge in [0.15, 0.2) is 12.1 Å². The van der Waals surface area contributed by atoms with E-state index in [1.807, 2.05) is 63.2 Å². The number of carbonyl (C=O) groups is 3. The van der Waals surface area contributed by atoms with E-state index in [1.165, 1.54) is 21.0 Å². The van der Waals surface area contributed by atoms with E-state index in [0.29, 0.717) is 25.1 Å². The smallest absolute Gasteiger partial charge is 0.410 e. The SMILES string of the molecule is CC[C@H]1OC(=O)[C@H](C)C(=O)[C@H](C)[C@@H](O[C@@H]2O[C@H](C)C[C@H](N(C)C)[C@H]2O)[C@](C)(OC)C[C@@H](C)/C(=N\OC2CCN(C(=O)OCc3ccccc3)C2)[C@H](C)[C@@H](O)[C@]1(C)O. The molecule has 4 rings (SSSR count). The molecule has 14 atom stereocenters. The van der Waals surface area contributed by atoms with Crippen molar-refractivity contribution >= 4 is 23.6 Å². The monoisotopic (exact) mass is 805 g/mol. The van der Waals surface area contributed by atoms with Gasteiger partial charge in [0.1, 0.15) is 36.4 Å². The number of hydrogen-bond donors (Lipinski definition) is 3.